The van der Waals surface area contributed by atoms with Crippen molar-refractivity contribution in [3.63, 3.8) is 0 Å². The van der Waals surface area contributed by atoms with Gasteiger partial charge < -0.3 is 15.0 Å². The molecule has 0 unspecified atom stereocenters. The Morgan fingerprint density at radius 3 is 2.52 bits per heavy atom. The van der Waals surface area contributed by atoms with Crippen LogP contribution in [0.25, 0.3) is 0 Å². The van der Waals surface area contributed by atoms with Gasteiger partial charge in [0.05, 0.1) is 23.7 Å². The van der Waals surface area contributed by atoms with Crippen LogP contribution in [0.3, 0.4) is 0 Å². The predicted octanol–water partition coefficient (Wildman–Crippen LogP) is 2.63. The number of carbonyl (C=O) groups is 1. The summed E-state index contributed by atoms with van der Waals surface area (Å²) in [6, 6.07) is 14.4. The third-order valence-corrected chi connectivity index (χ3v) is 7.99. The van der Waals surface area contributed by atoms with Gasteiger partial charge in [-0.15, -0.1) is 0 Å². The van der Waals surface area contributed by atoms with Gasteiger partial charge in [0.25, 0.3) is 0 Å². The number of likely N-dealkylation sites (N-methyl/N-ethyl adjacent to an activating group) is 2. The van der Waals surface area contributed by atoms with Gasteiger partial charge in [0.1, 0.15) is 11.9 Å². The van der Waals surface area contributed by atoms with Gasteiger partial charge in [-0.1, -0.05) is 12.1 Å². The van der Waals surface area contributed by atoms with Crippen LogP contribution in [0.5, 0.6) is 5.75 Å². The van der Waals surface area contributed by atoms with Gasteiger partial charge in [-0.3, -0.25) is 9.69 Å². The fourth-order valence-electron chi connectivity index (χ4n) is 4.42. The van der Waals surface area contributed by atoms with E-state index in [0.717, 1.165) is 37.4 Å². The molecule has 1 N–H and O–H groups in total. The number of sulfonamides is 1. The Morgan fingerprint density at radius 1 is 1.12 bits per heavy atom. The number of benzene rings is 2. The lowest BCUT2D eigenvalue weighted by Gasteiger charge is -2.37. The minimum atomic E-state index is -3.45. The SMILES string of the molecule is CCN1C[C@@H](CN(C)CC(=O)Nc2ccc(S(=O)(=O)N3CCCC3)cc2)Oc2ccccc21. The molecule has 1 saturated heterocycles. The molecule has 2 heterocycles. The molecule has 2 aromatic carbocycles. The molecule has 1 amide bonds. The molecule has 1 atom stereocenters. The van der Waals surface area contributed by atoms with E-state index in [2.05, 4.69) is 23.2 Å². The van der Waals surface area contributed by atoms with Crippen molar-refractivity contribution in [1.29, 1.82) is 0 Å². The van der Waals surface area contributed by atoms with E-state index in [4.69, 9.17) is 4.74 Å². The van der Waals surface area contributed by atoms with Crippen LogP contribution in [0.1, 0.15) is 19.8 Å². The van der Waals surface area contributed by atoms with Gasteiger partial charge in [0.15, 0.2) is 0 Å². The van der Waals surface area contributed by atoms with Crippen molar-refractivity contribution in [1.82, 2.24) is 9.21 Å². The molecule has 0 radical (unpaired) electrons. The van der Waals surface area contributed by atoms with E-state index in [9.17, 15) is 13.2 Å². The van der Waals surface area contributed by atoms with Crippen molar-refractivity contribution in [2.75, 3.05) is 56.5 Å². The standard InChI is InChI=1S/C24H32N4O4S/c1-3-27-17-20(32-23-9-5-4-8-22(23)27)16-26(2)18-24(29)25-19-10-12-21(13-11-19)33(30,31)28-14-6-7-15-28/h4-5,8-13,20H,3,6-7,14-18H2,1-2H3,(H,25,29)/t20-/m1/s1. The van der Waals surface area contributed by atoms with Crippen LogP contribution < -0.4 is 15.0 Å². The predicted molar refractivity (Wildman–Crippen MR) is 129 cm³/mol. The Labute approximate surface area is 196 Å². The maximum atomic E-state index is 12.6. The second kappa shape index (κ2) is 10.1. The number of nitrogens with zero attached hydrogens (tertiary/aromatic N) is 3. The van der Waals surface area contributed by atoms with E-state index in [1.165, 1.54) is 4.31 Å². The highest BCUT2D eigenvalue weighted by Crippen LogP contribution is 2.32. The molecule has 0 spiro atoms. The lowest BCUT2D eigenvalue weighted by Crippen LogP contribution is -2.46. The first-order valence-electron chi connectivity index (χ1n) is 11.5. The van der Waals surface area contributed by atoms with E-state index in [1.54, 1.807) is 24.3 Å². The zero-order valence-electron chi connectivity index (χ0n) is 19.2. The van der Waals surface area contributed by atoms with Crippen LogP contribution in [0.4, 0.5) is 11.4 Å². The quantitative estimate of drug-likeness (QED) is 0.636. The third-order valence-electron chi connectivity index (χ3n) is 6.08. The fraction of sp³-hybridized carbons (Fsp3) is 0.458. The number of para-hydroxylation sites is 2. The van der Waals surface area contributed by atoms with E-state index >= 15 is 0 Å². The molecule has 1 fully saturated rings. The molecule has 0 saturated carbocycles. The molecule has 0 aromatic heterocycles. The van der Waals surface area contributed by atoms with Crippen molar-refractivity contribution in [2.24, 2.45) is 0 Å². The molecule has 33 heavy (non-hydrogen) atoms. The number of ether oxygens (including phenoxy) is 1. The summed E-state index contributed by atoms with van der Waals surface area (Å²) in [4.78, 5) is 17.0. The molecule has 178 valence electrons. The van der Waals surface area contributed by atoms with Crippen LogP contribution in [0.15, 0.2) is 53.4 Å². The molecule has 0 bridgehead atoms. The van der Waals surface area contributed by atoms with E-state index in [0.29, 0.717) is 25.3 Å². The summed E-state index contributed by atoms with van der Waals surface area (Å²) < 4.78 is 32.9. The zero-order valence-corrected chi connectivity index (χ0v) is 20.1. The Balaban J connectivity index is 1.30. The van der Waals surface area contributed by atoms with E-state index in [-0.39, 0.29) is 23.5 Å². The number of rotatable bonds is 8. The molecule has 0 aliphatic carbocycles. The molecule has 2 aliphatic heterocycles. The molecule has 9 heteroatoms. The summed E-state index contributed by atoms with van der Waals surface area (Å²) in [6.07, 6.45) is 1.76. The number of amides is 1. The molecule has 2 aliphatic rings. The van der Waals surface area contributed by atoms with Crippen molar-refractivity contribution in [3.05, 3.63) is 48.5 Å². The van der Waals surface area contributed by atoms with Crippen LogP contribution >= 0.6 is 0 Å². The normalized spacial score (nSPS) is 18.8. The average molecular weight is 473 g/mol. The van der Waals surface area contributed by atoms with Crippen LogP contribution in [-0.4, -0.2) is 76.0 Å². The van der Waals surface area contributed by atoms with Crippen LogP contribution in [0.2, 0.25) is 0 Å². The van der Waals surface area contributed by atoms with Crippen LogP contribution in [-0.2, 0) is 14.8 Å². The molecule has 4 rings (SSSR count). The Hall–Kier alpha value is -2.62. The number of hydrogen-bond acceptors (Lipinski definition) is 6. The number of anilines is 2. The summed E-state index contributed by atoms with van der Waals surface area (Å²) in [6.45, 7) is 5.75. The van der Waals surface area contributed by atoms with Gasteiger partial charge in [0.2, 0.25) is 15.9 Å². The number of carbonyl (C=O) groups excluding carboxylic acids is 1. The monoisotopic (exact) mass is 472 g/mol. The van der Waals surface area contributed by atoms with Crippen molar-refractivity contribution >= 4 is 27.3 Å². The zero-order chi connectivity index (χ0) is 23.4. The maximum Gasteiger partial charge on any atom is 0.243 e. The molecule has 8 nitrogen and oxygen atoms in total. The summed E-state index contributed by atoms with van der Waals surface area (Å²) in [5, 5.41) is 2.85. The summed E-state index contributed by atoms with van der Waals surface area (Å²) >= 11 is 0. The van der Waals surface area contributed by atoms with Crippen molar-refractivity contribution in [2.45, 2.75) is 30.8 Å². The fourth-order valence-corrected chi connectivity index (χ4v) is 5.94. The highest BCUT2D eigenvalue weighted by atomic mass is 32.2. The second-order valence-corrected chi connectivity index (χ2v) is 10.6. The van der Waals surface area contributed by atoms with Gasteiger partial charge in [-0.05, 0) is 63.2 Å². The molecular weight excluding hydrogens is 440 g/mol. The Morgan fingerprint density at radius 2 is 1.82 bits per heavy atom. The first-order valence-corrected chi connectivity index (χ1v) is 12.9. The van der Waals surface area contributed by atoms with Gasteiger partial charge in [-0.25, -0.2) is 8.42 Å². The minimum absolute atomic E-state index is 0.0345. The Bertz CT molecular complexity index is 1070. The lowest BCUT2D eigenvalue weighted by atomic mass is 10.2. The van der Waals surface area contributed by atoms with Crippen molar-refractivity contribution in [3.8, 4) is 5.75 Å². The highest BCUT2D eigenvalue weighted by molar-refractivity contribution is 7.89. The smallest absolute Gasteiger partial charge is 0.243 e. The molecule has 2 aromatic rings. The Kier molecular flexibility index (Phi) is 7.21. The lowest BCUT2D eigenvalue weighted by molar-refractivity contribution is -0.117. The highest BCUT2D eigenvalue weighted by Gasteiger charge is 2.27. The minimum Gasteiger partial charge on any atom is -0.485 e. The van der Waals surface area contributed by atoms with Gasteiger partial charge in [0, 0.05) is 31.9 Å². The summed E-state index contributed by atoms with van der Waals surface area (Å²) in [5.74, 6) is 0.716. The summed E-state index contributed by atoms with van der Waals surface area (Å²) in [5.41, 5.74) is 1.68. The number of fused-ring (bicyclic) bond motifs is 1. The topological polar surface area (TPSA) is 82.2 Å². The van der Waals surface area contributed by atoms with Crippen LogP contribution in [0, 0.1) is 0 Å². The van der Waals surface area contributed by atoms with Gasteiger partial charge >= 0.3 is 0 Å². The first-order chi connectivity index (χ1) is 15.9. The molecular formula is C24H32N4O4S. The maximum absolute atomic E-state index is 12.6. The largest absolute Gasteiger partial charge is 0.485 e. The summed E-state index contributed by atoms with van der Waals surface area (Å²) in [7, 11) is -1.56. The number of nitrogens with one attached hydrogen (secondary N) is 1. The van der Waals surface area contributed by atoms with Gasteiger partial charge in [-0.2, -0.15) is 4.31 Å². The second-order valence-electron chi connectivity index (χ2n) is 8.63. The van der Waals surface area contributed by atoms with Crippen molar-refractivity contribution < 1.29 is 17.9 Å². The van der Waals surface area contributed by atoms with E-state index < -0.39 is 10.0 Å². The van der Waals surface area contributed by atoms with E-state index in [1.807, 2.05) is 30.1 Å². The third kappa shape index (κ3) is 5.48. The number of hydrogen-bond donors (Lipinski definition) is 1. The average Bonchev–Trinajstić information content (AvgIpc) is 3.34. The first kappa shape index (κ1) is 23.5.